The SMILES string of the molecule is COc1ccc(C(O)=C2C(=O)C(=O)N[C@H]2c2ccc(C(C)(C)C)cc2)cc1OC. The van der Waals surface area contributed by atoms with Gasteiger partial charge in [-0.25, -0.2) is 0 Å². The number of ketones is 1. The maximum absolute atomic E-state index is 12.5. The van der Waals surface area contributed by atoms with E-state index < -0.39 is 17.7 Å². The van der Waals surface area contributed by atoms with Crippen molar-refractivity contribution in [1.82, 2.24) is 5.32 Å². The summed E-state index contributed by atoms with van der Waals surface area (Å²) in [5.74, 6) is -0.846. The van der Waals surface area contributed by atoms with Gasteiger partial charge in [-0.05, 0) is 34.7 Å². The molecule has 1 saturated heterocycles. The summed E-state index contributed by atoms with van der Waals surface area (Å²) in [6.45, 7) is 6.32. The van der Waals surface area contributed by atoms with Gasteiger partial charge in [-0.1, -0.05) is 45.0 Å². The fraction of sp³-hybridized carbons (Fsp3) is 0.304. The molecule has 2 aromatic rings. The molecule has 3 rings (SSSR count). The third kappa shape index (κ3) is 3.83. The third-order valence-electron chi connectivity index (χ3n) is 5.04. The topological polar surface area (TPSA) is 84.9 Å². The highest BCUT2D eigenvalue weighted by atomic mass is 16.5. The monoisotopic (exact) mass is 395 g/mol. The van der Waals surface area contributed by atoms with Crippen LogP contribution in [0.25, 0.3) is 5.76 Å². The Morgan fingerprint density at radius 1 is 0.966 bits per heavy atom. The minimum absolute atomic E-state index is 0.0192. The minimum atomic E-state index is -0.748. The second-order valence-electron chi connectivity index (χ2n) is 7.94. The molecule has 2 N–H and O–H groups in total. The van der Waals surface area contributed by atoms with Crippen molar-refractivity contribution in [3.8, 4) is 11.5 Å². The Kier molecular flexibility index (Phi) is 5.38. The molecule has 1 atom stereocenters. The largest absolute Gasteiger partial charge is 0.507 e. The molecule has 0 radical (unpaired) electrons. The summed E-state index contributed by atoms with van der Waals surface area (Å²) in [7, 11) is 2.99. The van der Waals surface area contributed by atoms with Crippen molar-refractivity contribution < 1.29 is 24.2 Å². The van der Waals surface area contributed by atoms with E-state index in [0.29, 0.717) is 17.1 Å². The number of methoxy groups -OCH3 is 2. The van der Waals surface area contributed by atoms with E-state index in [1.54, 1.807) is 18.2 Å². The first-order chi connectivity index (χ1) is 13.7. The van der Waals surface area contributed by atoms with E-state index in [2.05, 4.69) is 26.1 Å². The van der Waals surface area contributed by atoms with Crippen molar-refractivity contribution in [3.63, 3.8) is 0 Å². The first-order valence-corrected chi connectivity index (χ1v) is 9.28. The Hall–Kier alpha value is -3.28. The summed E-state index contributed by atoms with van der Waals surface area (Å²) in [6.07, 6.45) is 0. The number of hydrogen-bond donors (Lipinski definition) is 2. The average Bonchev–Trinajstić information content (AvgIpc) is 3.00. The minimum Gasteiger partial charge on any atom is -0.507 e. The molecule has 0 saturated carbocycles. The number of rotatable bonds is 4. The maximum Gasteiger partial charge on any atom is 0.293 e. The number of Topliss-reactive ketones (excluding diaryl/α,β-unsaturated/α-hetero) is 1. The normalized spacial score (nSPS) is 18.4. The van der Waals surface area contributed by atoms with Crippen LogP contribution in [-0.2, 0) is 15.0 Å². The molecule has 1 heterocycles. The van der Waals surface area contributed by atoms with Gasteiger partial charge in [-0.15, -0.1) is 0 Å². The Morgan fingerprint density at radius 2 is 1.59 bits per heavy atom. The first kappa shape index (κ1) is 20.5. The smallest absolute Gasteiger partial charge is 0.293 e. The van der Waals surface area contributed by atoms with Crippen LogP contribution in [0.5, 0.6) is 11.5 Å². The molecule has 0 aliphatic carbocycles. The lowest BCUT2D eigenvalue weighted by Crippen LogP contribution is -2.21. The molecule has 6 nitrogen and oxygen atoms in total. The zero-order valence-corrected chi connectivity index (χ0v) is 17.2. The average molecular weight is 395 g/mol. The Balaban J connectivity index is 2.07. The van der Waals surface area contributed by atoms with Gasteiger partial charge in [-0.3, -0.25) is 9.59 Å². The van der Waals surface area contributed by atoms with Gasteiger partial charge in [0, 0.05) is 5.56 Å². The molecule has 1 aliphatic rings. The molecule has 0 aromatic heterocycles. The molecule has 0 spiro atoms. The van der Waals surface area contributed by atoms with Crippen molar-refractivity contribution in [2.24, 2.45) is 0 Å². The number of amides is 1. The van der Waals surface area contributed by atoms with Crippen molar-refractivity contribution in [2.45, 2.75) is 32.2 Å². The van der Waals surface area contributed by atoms with Gasteiger partial charge in [0.25, 0.3) is 11.7 Å². The van der Waals surface area contributed by atoms with E-state index in [1.807, 2.05) is 24.3 Å². The lowest BCUT2D eigenvalue weighted by atomic mass is 9.85. The van der Waals surface area contributed by atoms with Crippen LogP contribution in [0.1, 0.15) is 43.5 Å². The van der Waals surface area contributed by atoms with Crippen LogP contribution >= 0.6 is 0 Å². The zero-order chi connectivity index (χ0) is 21.3. The number of hydrogen-bond acceptors (Lipinski definition) is 5. The fourth-order valence-electron chi connectivity index (χ4n) is 3.33. The Labute approximate surface area is 170 Å². The molecule has 152 valence electrons. The third-order valence-corrected chi connectivity index (χ3v) is 5.04. The van der Waals surface area contributed by atoms with Crippen LogP contribution in [0.2, 0.25) is 0 Å². The molecule has 1 aliphatic heterocycles. The number of ether oxygens (including phenoxy) is 2. The molecule has 1 amide bonds. The summed E-state index contributed by atoms with van der Waals surface area (Å²) >= 11 is 0. The van der Waals surface area contributed by atoms with Gasteiger partial charge < -0.3 is 19.9 Å². The molecule has 29 heavy (non-hydrogen) atoms. The van der Waals surface area contributed by atoms with Crippen molar-refractivity contribution in [3.05, 3.63) is 64.7 Å². The number of carbonyl (C=O) groups excluding carboxylic acids is 2. The van der Waals surface area contributed by atoms with E-state index in [9.17, 15) is 14.7 Å². The summed E-state index contributed by atoms with van der Waals surface area (Å²) in [5.41, 5.74) is 2.21. The van der Waals surface area contributed by atoms with E-state index in [1.165, 1.54) is 14.2 Å². The molecule has 0 bridgehead atoms. The molecule has 1 fully saturated rings. The van der Waals surface area contributed by atoms with Crippen LogP contribution in [-0.4, -0.2) is 31.0 Å². The first-order valence-electron chi connectivity index (χ1n) is 9.28. The zero-order valence-electron chi connectivity index (χ0n) is 17.2. The molecule has 6 heteroatoms. The Morgan fingerprint density at radius 3 is 2.14 bits per heavy atom. The Bertz CT molecular complexity index is 983. The van der Waals surface area contributed by atoms with Gasteiger partial charge in [0.1, 0.15) is 5.76 Å². The standard InChI is InChI=1S/C23H25NO5/c1-23(2,3)15-9-6-13(7-10-15)19-18(21(26)22(27)24-19)20(25)14-8-11-16(28-4)17(12-14)29-5/h6-12,19,25H,1-5H3,(H,24,27)/t19-/m0/s1. The fourth-order valence-corrected chi connectivity index (χ4v) is 3.33. The summed E-state index contributed by atoms with van der Waals surface area (Å²) in [4.78, 5) is 24.6. The number of nitrogens with one attached hydrogen (secondary N) is 1. The number of benzene rings is 2. The van der Waals surface area contributed by atoms with Gasteiger partial charge in [0.05, 0.1) is 25.8 Å². The van der Waals surface area contributed by atoms with Crippen molar-refractivity contribution in [1.29, 1.82) is 0 Å². The second kappa shape index (κ2) is 7.62. The number of carbonyl (C=O) groups is 2. The lowest BCUT2D eigenvalue weighted by Gasteiger charge is -2.20. The van der Waals surface area contributed by atoms with Crippen molar-refractivity contribution in [2.75, 3.05) is 14.2 Å². The van der Waals surface area contributed by atoms with E-state index in [0.717, 1.165) is 11.1 Å². The van der Waals surface area contributed by atoms with Gasteiger partial charge in [0.2, 0.25) is 0 Å². The number of aliphatic hydroxyl groups is 1. The maximum atomic E-state index is 12.5. The lowest BCUT2D eigenvalue weighted by molar-refractivity contribution is -0.133. The molecular formula is C23H25NO5. The van der Waals surface area contributed by atoms with E-state index in [4.69, 9.17) is 9.47 Å². The highest BCUT2D eigenvalue weighted by molar-refractivity contribution is 6.46. The van der Waals surface area contributed by atoms with Gasteiger partial charge in [-0.2, -0.15) is 0 Å². The highest BCUT2D eigenvalue weighted by Crippen LogP contribution is 2.36. The van der Waals surface area contributed by atoms with Crippen LogP contribution in [0.15, 0.2) is 48.0 Å². The number of aliphatic hydroxyl groups excluding tert-OH is 1. The van der Waals surface area contributed by atoms with Crippen molar-refractivity contribution >= 4 is 17.4 Å². The highest BCUT2D eigenvalue weighted by Gasteiger charge is 2.39. The molecule has 0 unspecified atom stereocenters. The van der Waals surface area contributed by atoms with E-state index in [-0.39, 0.29) is 16.7 Å². The predicted octanol–water partition coefficient (Wildman–Crippen LogP) is 3.71. The second-order valence-corrected chi connectivity index (χ2v) is 7.94. The van der Waals surface area contributed by atoms with Crippen LogP contribution in [0.4, 0.5) is 0 Å². The van der Waals surface area contributed by atoms with Crippen LogP contribution < -0.4 is 14.8 Å². The predicted molar refractivity (Wildman–Crippen MR) is 110 cm³/mol. The van der Waals surface area contributed by atoms with Crippen LogP contribution in [0.3, 0.4) is 0 Å². The summed E-state index contributed by atoms with van der Waals surface area (Å²) < 4.78 is 10.5. The molecule has 2 aromatic carbocycles. The summed E-state index contributed by atoms with van der Waals surface area (Å²) in [6, 6.07) is 11.8. The van der Waals surface area contributed by atoms with Gasteiger partial charge >= 0.3 is 0 Å². The van der Waals surface area contributed by atoms with E-state index >= 15 is 0 Å². The van der Waals surface area contributed by atoms with Gasteiger partial charge in [0.15, 0.2) is 11.5 Å². The van der Waals surface area contributed by atoms with Crippen LogP contribution in [0, 0.1) is 0 Å². The summed E-state index contributed by atoms with van der Waals surface area (Å²) in [5, 5.41) is 13.5. The molecular weight excluding hydrogens is 370 g/mol. The quantitative estimate of drug-likeness (QED) is 0.468.